The molecular formula is C20H20Cl2N2O2. The van der Waals surface area contributed by atoms with E-state index in [9.17, 15) is 4.79 Å². The van der Waals surface area contributed by atoms with E-state index in [1.165, 1.54) is 0 Å². The molecule has 136 valence electrons. The highest BCUT2D eigenvalue weighted by molar-refractivity contribution is 6.42. The van der Waals surface area contributed by atoms with Gasteiger partial charge in [-0.25, -0.2) is 0 Å². The van der Waals surface area contributed by atoms with Crippen LogP contribution in [-0.4, -0.2) is 29.2 Å². The minimum absolute atomic E-state index is 0.0976. The van der Waals surface area contributed by atoms with Gasteiger partial charge in [-0.2, -0.15) is 0 Å². The van der Waals surface area contributed by atoms with Gasteiger partial charge < -0.3 is 9.74 Å². The van der Waals surface area contributed by atoms with Gasteiger partial charge in [0.2, 0.25) is 5.91 Å². The van der Waals surface area contributed by atoms with Crippen LogP contribution in [0.15, 0.2) is 53.7 Å². The average molecular weight is 391 g/mol. The van der Waals surface area contributed by atoms with Crippen LogP contribution in [0.2, 0.25) is 10.0 Å². The molecule has 0 radical (unpaired) electrons. The van der Waals surface area contributed by atoms with E-state index >= 15 is 0 Å². The van der Waals surface area contributed by atoms with Gasteiger partial charge in [0.1, 0.15) is 0 Å². The Morgan fingerprint density at radius 1 is 1.19 bits per heavy atom. The second-order valence-corrected chi connectivity index (χ2v) is 7.03. The Labute approximate surface area is 163 Å². The second kappa shape index (κ2) is 8.56. The zero-order valence-corrected chi connectivity index (χ0v) is 16.0. The summed E-state index contributed by atoms with van der Waals surface area (Å²) in [7, 11) is 0. The van der Waals surface area contributed by atoms with Crippen molar-refractivity contribution >= 4 is 34.8 Å². The minimum atomic E-state index is -0.168. The molecule has 2 aromatic carbocycles. The maximum atomic E-state index is 12.3. The Morgan fingerprint density at radius 3 is 2.65 bits per heavy atom. The molecule has 0 N–H and O–H groups in total. The second-order valence-electron chi connectivity index (χ2n) is 6.21. The molecule has 0 unspecified atom stereocenters. The molecule has 2 aromatic rings. The third-order valence-corrected chi connectivity index (χ3v) is 5.02. The molecule has 0 saturated carbocycles. The molecule has 3 rings (SSSR count). The van der Waals surface area contributed by atoms with Crippen molar-refractivity contribution < 1.29 is 9.63 Å². The molecule has 1 atom stereocenters. The number of hydrogen-bond acceptors (Lipinski definition) is 3. The smallest absolute Gasteiger partial charge is 0.222 e. The summed E-state index contributed by atoms with van der Waals surface area (Å²) in [6.45, 7) is 2.93. The molecule has 1 aliphatic rings. The van der Waals surface area contributed by atoms with Crippen molar-refractivity contribution in [2.45, 2.75) is 32.4 Å². The van der Waals surface area contributed by atoms with Crippen molar-refractivity contribution in [2.24, 2.45) is 5.16 Å². The van der Waals surface area contributed by atoms with Crippen LogP contribution in [0.1, 0.15) is 30.9 Å². The molecule has 0 spiro atoms. The van der Waals surface area contributed by atoms with Crippen LogP contribution in [-0.2, 0) is 16.2 Å². The zero-order valence-electron chi connectivity index (χ0n) is 14.5. The quantitative estimate of drug-likeness (QED) is 0.701. The fourth-order valence-corrected chi connectivity index (χ4v) is 3.20. The van der Waals surface area contributed by atoms with E-state index in [-0.39, 0.29) is 12.0 Å². The molecular weight excluding hydrogens is 371 g/mol. The summed E-state index contributed by atoms with van der Waals surface area (Å²) in [5.41, 5.74) is 2.80. The van der Waals surface area contributed by atoms with Gasteiger partial charge in [0.25, 0.3) is 0 Å². The maximum Gasteiger partial charge on any atom is 0.222 e. The SMILES string of the molecule is CCC(=O)N(Cc1ccccc1)C[C@@H]1CC(c2ccc(Cl)c(Cl)c2)=NO1. The zero-order chi connectivity index (χ0) is 18.5. The third-order valence-electron chi connectivity index (χ3n) is 4.28. The van der Waals surface area contributed by atoms with Crippen LogP contribution in [0.3, 0.4) is 0 Å². The van der Waals surface area contributed by atoms with Crippen LogP contribution < -0.4 is 0 Å². The molecule has 26 heavy (non-hydrogen) atoms. The lowest BCUT2D eigenvalue weighted by Gasteiger charge is -2.24. The summed E-state index contributed by atoms with van der Waals surface area (Å²) >= 11 is 12.0. The predicted molar refractivity (Wildman–Crippen MR) is 105 cm³/mol. The first-order chi connectivity index (χ1) is 12.6. The van der Waals surface area contributed by atoms with Crippen LogP contribution >= 0.6 is 23.2 Å². The van der Waals surface area contributed by atoms with Gasteiger partial charge in [0, 0.05) is 24.9 Å². The van der Waals surface area contributed by atoms with E-state index in [2.05, 4.69) is 5.16 Å². The van der Waals surface area contributed by atoms with Crippen LogP contribution in [0.4, 0.5) is 0 Å². The average Bonchev–Trinajstić information content (AvgIpc) is 3.12. The topological polar surface area (TPSA) is 41.9 Å². The van der Waals surface area contributed by atoms with Gasteiger partial charge in [-0.1, -0.05) is 71.7 Å². The monoisotopic (exact) mass is 390 g/mol. The largest absolute Gasteiger partial charge is 0.390 e. The number of halogens is 2. The van der Waals surface area contributed by atoms with E-state index in [0.717, 1.165) is 16.8 Å². The Hall–Kier alpha value is -2.04. The Bertz CT molecular complexity index is 809. The van der Waals surface area contributed by atoms with Gasteiger partial charge >= 0.3 is 0 Å². The van der Waals surface area contributed by atoms with E-state index < -0.39 is 0 Å². The van der Waals surface area contributed by atoms with Gasteiger partial charge in [0.15, 0.2) is 6.10 Å². The summed E-state index contributed by atoms with van der Waals surface area (Å²) in [5, 5.41) is 5.18. The Balaban J connectivity index is 1.65. The molecule has 1 amide bonds. The first-order valence-corrected chi connectivity index (χ1v) is 9.32. The molecule has 4 nitrogen and oxygen atoms in total. The maximum absolute atomic E-state index is 12.3. The lowest BCUT2D eigenvalue weighted by atomic mass is 10.0. The molecule has 1 heterocycles. The number of rotatable bonds is 6. The fourth-order valence-electron chi connectivity index (χ4n) is 2.90. The Kier molecular flexibility index (Phi) is 6.17. The van der Waals surface area contributed by atoms with Crippen LogP contribution in [0.25, 0.3) is 0 Å². The van der Waals surface area contributed by atoms with Gasteiger partial charge in [-0.3, -0.25) is 4.79 Å². The minimum Gasteiger partial charge on any atom is -0.390 e. The third kappa shape index (κ3) is 4.57. The fraction of sp³-hybridized carbons (Fsp3) is 0.300. The molecule has 0 fully saturated rings. The molecule has 1 aliphatic heterocycles. The summed E-state index contributed by atoms with van der Waals surface area (Å²) in [6, 6.07) is 15.4. The summed E-state index contributed by atoms with van der Waals surface area (Å²) in [6.07, 6.45) is 0.916. The van der Waals surface area contributed by atoms with Gasteiger partial charge in [-0.05, 0) is 17.7 Å². The standard InChI is InChI=1S/C20H20Cl2N2O2/c1-2-20(25)24(12-14-6-4-3-5-7-14)13-16-11-19(23-26-16)15-8-9-17(21)18(22)10-15/h3-10,16H,2,11-13H2,1H3/t16-/m0/s1. The van der Waals surface area contributed by atoms with E-state index in [1.807, 2.05) is 48.2 Å². The highest BCUT2D eigenvalue weighted by Crippen LogP contribution is 2.26. The van der Waals surface area contributed by atoms with Crippen LogP contribution in [0, 0.1) is 0 Å². The van der Waals surface area contributed by atoms with E-state index in [1.54, 1.807) is 12.1 Å². The van der Waals surface area contributed by atoms with Crippen molar-refractivity contribution in [3.8, 4) is 0 Å². The van der Waals surface area contributed by atoms with Crippen molar-refractivity contribution in [1.82, 2.24) is 4.90 Å². The first-order valence-electron chi connectivity index (χ1n) is 8.56. The number of oxime groups is 1. The lowest BCUT2D eigenvalue weighted by molar-refractivity contribution is -0.133. The molecule has 0 aliphatic carbocycles. The van der Waals surface area contributed by atoms with Crippen molar-refractivity contribution in [3.63, 3.8) is 0 Å². The first kappa shape index (κ1) is 18.7. The number of benzene rings is 2. The molecule has 0 saturated heterocycles. The normalized spacial score (nSPS) is 16.1. The number of carbonyl (C=O) groups excluding carboxylic acids is 1. The highest BCUT2D eigenvalue weighted by Gasteiger charge is 2.26. The van der Waals surface area contributed by atoms with Gasteiger partial charge in [-0.15, -0.1) is 0 Å². The Morgan fingerprint density at radius 2 is 1.96 bits per heavy atom. The molecule has 0 aromatic heterocycles. The number of amides is 1. The van der Waals surface area contributed by atoms with Gasteiger partial charge in [0.05, 0.1) is 22.3 Å². The van der Waals surface area contributed by atoms with Crippen LogP contribution in [0.5, 0.6) is 0 Å². The number of carbonyl (C=O) groups is 1. The number of nitrogens with zero attached hydrogens (tertiary/aromatic N) is 2. The predicted octanol–water partition coefficient (Wildman–Crippen LogP) is 4.93. The van der Waals surface area contributed by atoms with Crippen molar-refractivity contribution in [3.05, 3.63) is 69.7 Å². The van der Waals surface area contributed by atoms with Crippen molar-refractivity contribution in [1.29, 1.82) is 0 Å². The van der Waals surface area contributed by atoms with E-state index in [0.29, 0.717) is 36.0 Å². The summed E-state index contributed by atoms with van der Waals surface area (Å²) in [4.78, 5) is 19.7. The van der Waals surface area contributed by atoms with E-state index in [4.69, 9.17) is 28.0 Å². The number of hydrogen-bond donors (Lipinski definition) is 0. The summed E-state index contributed by atoms with van der Waals surface area (Å²) in [5.74, 6) is 0.0976. The van der Waals surface area contributed by atoms with Crippen molar-refractivity contribution in [2.75, 3.05) is 6.54 Å². The molecule has 0 bridgehead atoms. The molecule has 6 heteroatoms. The lowest BCUT2D eigenvalue weighted by Crippen LogP contribution is -2.36. The highest BCUT2D eigenvalue weighted by atomic mass is 35.5. The summed E-state index contributed by atoms with van der Waals surface area (Å²) < 4.78 is 0.